The third-order valence-corrected chi connectivity index (χ3v) is 5.86. The molecule has 1 amide bonds. The molecule has 0 unspecified atom stereocenters. The highest BCUT2D eigenvalue weighted by Crippen LogP contribution is 2.35. The number of amides is 1. The molecule has 0 saturated heterocycles. The number of anilines is 1. The van der Waals surface area contributed by atoms with Crippen molar-refractivity contribution in [3.05, 3.63) is 110 Å². The van der Waals surface area contributed by atoms with Gasteiger partial charge in [-0.15, -0.1) is 6.58 Å². The Hall–Kier alpha value is -4.61. The number of halogens is 1. The molecule has 0 aliphatic heterocycles. The molecule has 0 fully saturated rings. The van der Waals surface area contributed by atoms with Crippen LogP contribution in [0.15, 0.2) is 72.8 Å². The summed E-state index contributed by atoms with van der Waals surface area (Å²) in [6, 6.07) is 16.6. The van der Waals surface area contributed by atoms with Gasteiger partial charge in [0.2, 0.25) is 0 Å². The Bertz CT molecular complexity index is 1430. The van der Waals surface area contributed by atoms with Crippen LogP contribution >= 0.6 is 11.6 Å². The second-order valence-electron chi connectivity index (χ2n) is 8.23. The number of hydrogen-bond donors (Lipinski definition) is 1. The van der Waals surface area contributed by atoms with E-state index in [2.05, 4.69) is 11.9 Å². The largest absolute Gasteiger partial charge is 0.490 e. The SMILES string of the molecule is C=CCc1cc(/C=C(/C#N)C(=O)Nc2ccc(C)c(Cl)c2)cc(OCC)c1OCc1ccc([N+](=O)[O-])cc1. The average molecular weight is 532 g/mol. The number of rotatable bonds is 11. The maximum atomic E-state index is 12.8. The summed E-state index contributed by atoms with van der Waals surface area (Å²) in [6.45, 7) is 8.00. The molecular formula is C29H26ClN3O5. The van der Waals surface area contributed by atoms with Crippen molar-refractivity contribution >= 4 is 35.0 Å². The number of ether oxygens (including phenoxy) is 2. The highest BCUT2D eigenvalue weighted by Gasteiger charge is 2.16. The van der Waals surface area contributed by atoms with Crippen molar-refractivity contribution in [2.45, 2.75) is 26.9 Å². The van der Waals surface area contributed by atoms with Crippen molar-refractivity contribution in [2.75, 3.05) is 11.9 Å². The molecule has 1 N–H and O–H groups in total. The zero-order valence-corrected chi connectivity index (χ0v) is 21.7. The molecule has 0 spiro atoms. The van der Waals surface area contributed by atoms with Crippen LogP contribution in [0.3, 0.4) is 0 Å². The second kappa shape index (κ2) is 13.1. The maximum Gasteiger partial charge on any atom is 0.269 e. The number of hydrogen-bond acceptors (Lipinski definition) is 6. The molecule has 38 heavy (non-hydrogen) atoms. The summed E-state index contributed by atoms with van der Waals surface area (Å²) in [5, 5.41) is 23.8. The van der Waals surface area contributed by atoms with E-state index in [1.165, 1.54) is 18.2 Å². The quantitative estimate of drug-likeness (QED) is 0.0955. The third-order valence-electron chi connectivity index (χ3n) is 5.45. The minimum Gasteiger partial charge on any atom is -0.490 e. The summed E-state index contributed by atoms with van der Waals surface area (Å²) in [4.78, 5) is 23.2. The van der Waals surface area contributed by atoms with E-state index in [0.29, 0.717) is 40.8 Å². The molecule has 0 heterocycles. The van der Waals surface area contributed by atoms with Crippen molar-refractivity contribution in [3.63, 3.8) is 0 Å². The van der Waals surface area contributed by atoms with Crippen molar-refractivity contribution < 1.29 is 19.2 Å². The molecule has 0 aromatic heterocycles. The fourth-order valence-corrected chi connectivity index (χ4v) is 3.73. The molecule has 194 valence electrons. The van der Waals surface area contributed by atoms with Gasteiger partial charge in [-0.3, -0.25) is 14.9 Å². The van der Waals surface area contributed by atoms with Crippen LogP contribution < -0.4 is 14.8 Å². The minimum absolute atomic E-state index is 0.00458. The monoisotopic (exact) mass is 531 g/mol. The van der Waals surface area contributed by atoms with Gasteiger partial charge in [0.15, 0.2) is 11.5 Å². The highest BCUT2D eigenvalue weighted by molar-refractivity contribution is 6.31. The second-order valence-corrected chi connectivity index (χ2v) is 8.64. The fraction of sp³-hybridized carbons (Fsp3) is 0.172. The number of allylic oxidation sites excluding steroid dienone is 1. The van der Waals surface area contributed by atoms with E-state index in [9.17, 15) is 20.2 Å². The highest BCUT2D eigenvalue weighted by atomic mass is 35.5. The normalized spacial score (nSPS) is 10.8. The Morgan fingerprint density at radius 3 is 2.53 bits per heavy atom. The van der Waals surface area contributed by atoms with Crippen LogP contribution in [0.1, 0.15) is 29.2 Å². The lowest BCUT2D eigenvalue weighted by atomic mass is 10.0. The van der Waals surface area contributed by atoms with Crippen LogP contribution in [0.4, 0.5) is 11.4 Å². The van der Waals surface area contributed by atoms with Crippen LogP contribution in [0.25, 0.3) is 6.08 Å². The third kappa shape index (κ3) is 7.21. The summed E-state index contributed by atoms with van der Waals surface area (Å²) < 4.78 is 11.9. The molecule has 0 aliphatic carbocycles. The van der Waals surface area contributed by atoms with Gasteiger partial charge in [-0.05, 0) is 79.4 Å². The average Bonchev–Trinajstić information content (AvgIpc) is 2.89. The first-order chi connectivity index (χ1) is 18.2. The Morgan fingerprint density at radius 2 is 1.92 bits per heavy atom. The van der Waals surface area contributed by atoms with Gasteiger partial charge in [0.25, 0.3) is 11.6 Å². The molecule has 3 aromatic carbocycles. The smallest absolute Gasteiger partial charge is 0.269 e. The van der Waals surface area contributed by atoms with Crippen molar-refractivity contribution in [1.82, 2.24) is 0 Å². The summed E-state index contributed by atoms with van der Waals surface area (Å²) in [6.07, 6.45) is 3.62. The molecule has 0 aliphatic rings. The number of nitro groups is 1. The molecule has 0 bridgehead atoms. The van der Waals surface area contributed by atoms with Gasteiger partial charge in [0.05, 0.1) is 11.5 Å². The van der Waals surface area contributed by atoms with Crippen molar-refractivity contribution in [1.29, 1.82) is 5.26 Å². The van der Waals surface area contributed by atoms with Crippen LogP contribution in [0, 0.1) is 28.4 Å². The van der Waals surface area contributed by atoms with Gasteiger partial charge >= 0.3 is 0 Å². The zero-order valence-electron chi connectivity index (χ0n) is 21.0. The summed E-state index contributed by atoms with van der Waals surface area (Å²) in [5.41, 5.74) is 3.29. The van der Waals surface area contributed by atoms with E-state index in [1.54, 1.807) is 48.5 Å². The lowest BCUT2D eigenvalue weighted by molar-refractivity contribution is -0.384. The van der Waals surface area contributed by atoms with E-state index < -0.39 is 10.8 Å². The number of aryl methyl sites for hydroxylation is 1. The number of carbonyl (C=O) groups excluding carboxylic acids is 1. The van der Waals surface area contributed by atoms with Gasteiger partial charge in [-0.25, -0.2) is 0 Å². The van der Waals surface area contributed by atoms with Crippen LogP contribution in [0.5, 0.6) is 11.5 Å². The zero-order chi connectivity index (χ0) is 27.7. The lowest BCUT2D eigenvalue weighted by Gasteiger charge is -2.17. The number of benzene rings is 3. The Morgan fingerprint density at radius 1 is 1.18 bits per heavy atom. The van der Waals surface area contributed by atoms with E-state index >= 15 is 0 Å². The first kappa shape index (κ1) is 28.0. The number of nitrogens with zero attached hydrogens (tertiary/aromatic N) is 2. The lowest BCUT2D eigenvalue weighted by Crippen LogP contribution is -2.13. The van der Waals surface area contributed by atoms with Gasteiger partial charge in [0, 0.05) is 28.4 Å². The van der Waals surface area contributed by atoms with Gasteiger partial charge in [-0.2, -0.15) is 5.26 Å². The number of nitro benzene ring substituents is 1. The number of non-ortho nitro benzene ring substituents is 1. The molecule has 3 rings (SSSR count). The molecular weight excluding hydrogens is 506 g/mol. The van der Waals surface area contributed by atoms with Crippen LogP contribution in [-0.4, -0.2) is 17.4 Å². The van der Waals surface area contributed by atoms with E-state index in [0.717, 1.165) is 16.7 Å². The summed E-state index contributed by atoms with van der Waals surface area (Å²) in [7, 11) is 0. The van der Waals surface area contributed by atoms with Crippen molar-refractivity contribution in [3.8, 4) is 17.6 Å². The molecule has 3 aromatic rings. The summed E-state index contributed by atoms with van der Waals surface area (Å²) in [5.74, 6) is 0.344. The molecule has 0 radical (unpaired) electrons. The first-order valence-electron chi connectivity index (χ1n) is 11.7. The molecule has 8 nitrogen and oxygen atoms in total. The standard InChI is InChI=1S/C29H26ClN3O5/c1-4-6-22-13-21(14-23(17-31)29(34)32-24-10-7-19(3)26(30)16-24)15-27(37-5-2)28(22)38-18-20-8-11-25(12-9-20)33(35)36/h4,7-16H,1,5-6,18H2,2-3H3,(H,32,34)/b23-14-. The van der Waals surface area contributed by atoms with Gasteiger partial charge in [-0.1, -0.05) is 23.7 Å². The first-order valence-corrected chi connectivity index (χ1v) is 12.1. The van der Waals surface area contributed by atoms with E-state index in [1.807, 2.05) is 19.9 Å². The topological polar surface area (TPSA) is 114 Å². The number of carbonyl (C=O) groups is 1. The van der Waals surface area contributed by atoms with Crippen molar-refractivity contribution in [2.24, 2.45) is 0 Å². The maximum absolute atomic E-state index is 12.8. The van der Waals surface area contributed by atoms with Gasteiger partial charge < -0.3 is 14.8 Å². The fourth-order valence-electron chi connectivity index (χ4n) is 3.55. The Balaban J connectivity index is 1.91. The van der Waals surface area contributed by atoms with E-state index in [-0.39, 0.29) is 17.9 Å². The minimum atomic E-state index is -0.575. The Kier molecular flexibility index (Phi) is 9.63. The van der Waals surface area contributed by atoms with Gasteiger partial charge in [0.1, 0.15) is 18.2 Å². The molecule has 0 atom stereocenters. The number of nitrogens with one attached hydrogen (secondary N) is 1. The van der Waals surface area contributed by atoms with Crippen LogP contribution in [0.2, 0.25) is 5.02 Å². The predicted molar refractivity (Wildman–Crippen MR) is 147 cm³/mol. The number of nitriles is 1. The molecule has 0 saturated carbocycles. The molecule has 9 heteroatoms. The summed E-state index contributed by atoms with van der Waals surface area (Å²) >= 11 is 6.14. The van der Waals surface area contributed by atoms with Crippen LogP contribution in [-0.2, 0) is 17.8 Å². The predicted octanol–water partition coefficient (Wildman–Crippen LogP) is 6.81. The Labute approximate surface area is 225 Å². The van der Waals surface area contributed by atoms with E-state index in [4.69, 9.17) is 21.1 Å².